The number of primary amides is 1. The minimum Gasteiger partial charge on any atom is -0.399 e. The third-order valence-corrected chi connectivity index (χ3v) is 2.45. The summed E-state index contributed by atoms with van der Waals surface area (Å²) in [5, 5.41) is 2.81. The average molecular weight is 245 g/mol. The van der Waals surface area contributed by atoms with E-state index in [2.05, 4.69) is 5.32 Å². The van der Waals surface area contributed by atoms with Crippen LogP contribution in [0.2, 0.25) is 0 Å². The number of nitrogens with two attached hydrogens (primary N) is 2. The number of amides is 1. The SMILES string of the molecule is NC(=O)c1ccc(N)cc1Nc1ccccc1F. The van der Waals surface area contributed by atoms with E-state index in [9.17, 15) is 9.18 Å². The van der Waals surface area contributed by atoms with Gasteiger partial charge in [0.25, 0.3) is 5.91 Å². The Morgan fingerprint density at radius 2 is 1.83 bits per heavy atom. The molecule has 5 N–H and O–H groups in total. The number of anilines is 3. The van der Waals surface area contributed by atoms with Crippen molar-refractivity contribution in [2.24, 2.45) is 5.73 Å². The van der Waals surface area contributed by atoms with Crippen LogP contribution in [0.3, 0.4) is 0 Å². The number of carbonyl (C=O) groups is 1. The van der Waals surface area contributed by atoms with Crippen molar-refractivity contribution in [1.82, 2.24) is 0 Å². The van der Waals surface area contributed by atoms with Gasteiger partial charge < -0.3 is 16.8 Å². The van der Waals surface area contributed by atoms with Gasteiger partial charge in [0.2, 0.25) is 0 Å². The third kappa shape index (κ3) is 2.40. The molecule has 4 nitrogen and oxygen atoms in total. The van der Waals surface area contributed by atoms with E-state index in [1.807, 2.05) is 0 Å². The first-order valence-electron chi connectivity index (χ1n) is 5.29. The molecule has 0 fully saturated rings. The zero-order valence-corrected chi connectivity index (χ0v) is 9.48. The van der Waals surface area contributed by atoms with Crippen LogP contribution in [-0.4, -0.2) is 5.91 Å². The molecule has 1 amide bonds. The molecular formula is C13H12FN3O. The van der Waals surface area contributed by atoms with Crippen LogP contribution >= 0.6 is 0 Å². The van der Waals surface area contributed by atoms with Crippen molar-refractivity contribution in [1.29, 1.82) is 0 Å². The van der Waals surface area contributed by atoms with Crippen molar-refractivity contribution in [3.8, 4) is 0 Å². The molecular weight excluding hydrogens is 233 g/mol. The summed E-state index contributed by atoms with van der Waals surface area (Å²) in [6, 6.07) is 10.7. The Morgan fingerprint density at radius 1 is 1.11 bits per heavy atom. The van der Waals surface area contributed by atoms with Gasteiger partial charge in [-0.05, 0) is 30.3 Å². The maximum Gasteiger partial charge on any atom is 0.250 e. The minimum absolute atomic E-state index is 0.255. The Kier molecular flexibility index (Phi) is 3.14. The van der Waals surface area contributed by atoms with Crippen LogP contribution in [-0.2, 0) is 0 Å². The summed E-state index contributed by atoms with van der Waals surface area (Å²) in [4.78, 5) is 11.3. The highest BCUT2D eigenvalue weighted by Gasteiger charge is 2.10. The molecule has 0 atom stereocenters. The highest BCUT2D eigenvalue weighted by atomic mass is 19.1. The fraction of sp³-hybridized carbons (Fsp3) is 0. The topological polar surface area (TPSA) is 81.1 Å². The summed E-state index contributed by atoms with van der Waals surface area (Å²) < 4.78 is 13.5. The maximum atomic E-state index is 13.5. The Bertz CT molecular complexity index is 599. The number of para-hydroxylation sites is 1. The van der Waals surface area contributed by atoms with Crippen molar-refractivity contribution in [2.45, 2.75) is 0 Å². The van der Waals surface area contributed by atoms with Gasteiger partial charge in [-0.25, -0.2) is 4.39 Å². The molecule has 92 valence electrons. The fourth-order valence-electron chi connectivity index (χ4n) is 1.59. The van der Waals surface area contributed by atoms with Gasteiger partial charge in [-0.2, -0.15) is 0 Å². The number of carbonyl (C=O) groups excluding carboxylic acids is 1. The largest absolute Gasteiger partial charge is 0.399 e. The van der Waals surface area contributed by atoms with Gasteiger partial charge >= 0.3 is 0 Å². The number of nitrogens with one attached hydrogen (secondary N) is 1. The molecule has 18 heavy (non-hydrogen) atoms. The summed E-state index contributed by atoms with van der Waals surface area (Å²) in [6.07, 6.45) is 0. The van der Waals surface area contributed by atoms with Crippen molar-refractivity contribution >= 4 is 23.0 Å². The first kappa shape index (κ1) is 11.9. The Labute approximate surface area is 103 Å². The molecule has 0 radical (unpaired) electrons. The first-order valence-corrected chi connectivity index (χ1v) is 5.29. The van der Waals surface area contributed by atoms with E-state index in [4.69, 9.17) is 11.5 Å². The van der Waals surface area contributed by atoms with Crippen molar-refractivity contribution in [2.75, 3.05) is 11.1 Å². The second-order valence-electron chi connectivity index (χ2n) is 3.77. The molecule has 0 unspecified atom stereocenters. The number of benzene rings is 2. The van der Waals surface area contributed by atoms with E-state index in [0.29, 0.717) is 11.4 Å². The van der Waals surface area contributed by atoms with E-state index in [-0.39, 0.29) is 11.3 Å². The van der Waals surface area contributed by atoms with Crippen LogP contribution in [0, 0.1) is 5.82 Å². The molecule has 0 spiro atoms. The lowest BCUT2D eigenvalue weighted by Gasteiger charge is -2.11. The van der Waals surface area contributed by atoms with Crippen LogP contribution < -0.4 is 16.8 Å². The molecule has 0 heterocycles. The Hall–Kier alpha value is -2.56. The molecule has 0 aliphatic rings. The van der Waals surface area contributed by atoms with E-state index in [0.717, 1.165) is 0 Å². The molecule has 2 aromatic carbocycles. The van der Waals surface area contributed by atoms with Crippen molar-refractivity contribution in [3.63, 3.8) is 0 Å². The summed E-state index contributed by atoms with van der Waals surface area (Å²) in [5.74, 6) is -1.02. The lowest BCUT2D eigenvalue weighted by molar-refractivity contribution is 0.100. The zero-order chi connectivity index (χ0) is 13.1. The van der Waals surface area contributed by atoms with Crippen LogP contribution in [0.15, 0.2) is 42.5 Å². The molecule has 0 aliphatic carbocycles. The summed E-state index contributed by atoms with van der Waals surface area (Å²) >= 11 is 0. The molecule has 5 heteroatoms. The monoisotopic (exact) mass is 245 g/mol. The van der Waals surface area contributed by atoms with E-state index >= 15 is 0 Å². The predicted molar refractivity (Wildman–Crippen MR) is 69.1 cm³/mol. The lowest BCUT2D eigenvalue weighted by atomic mass is 10.1. The quantitative estimate of drug-likeness (QED) is 0.725. The van der Waals surface area contributed by atoms with E-state index in [1.165, 1.54) is 18.2 Å². The standard InChI is InChI=1S/C13H12FN3O/c14-10-3-1-2-4-11(10)17-12-7-8(15)5-6-9(12)13(16)18/h1-7,17H,15H2,(H2,16,18). The van der Waals surface area contributed by atoms with Crippen molar-refractivity contribution < 1.29 is 9.18 Å². The zero-order valence-electron chi connectivity index (χ0n) is 9.48. The van der Waals surface area contributed by atoms with Gasteiger partial charge in [0, 0.05) is 5.69 Å². The van der Waals surface area contributed by atoms with E-state index in [1.54, 1.807) is 24.3 Å². The minimum atomic E-state index is -0.603. The number of hydrogen-bond donors (Lipinski definition) is 3. The number of hydrogen-bond acceptors (Lipinski definition) is 3. The van der Waals surface area contributed by atoms with Gasteiger partial charge in [-0.1, -0.05) is 12.1 Å². The van der Waals surface area contributed by atoms with Crippen LogP contribution in [0.4, 0.5) is 21.5 Å². The molecule has 0 bridgehead atoms. The van der Waals surface area contributed by atoms with Gasteiger partial charge in [0.05, 0.1) is 16.9 Å². The molecule has 2 rings (SSSR count). The average Bonchev–Trinajstić information content (AvgIpc) is 2.32. The smallest absolute Gasteiger partial charge is 0.250 e. The molecule has 0 aliphatic heterocycles. The molecule has 0 saturated carbocycles. The maximum absolute atomic E-state index is 13.5. The highest BCUT2D eigenvalue weighted by molar-refractivity contribution is 5.99. The van der Waals surface area contributed by atoms with Crippen LogP contribution in [0.1, 0.15) is 10.4 Å². The normalized spacial score (nSPS) is 10.1. The molecule has 0 aromatic heterocycles. The second kappa shape index (κ2) is 4.75. The first-order chi connectivity index (χ1) is 8.58. The lowest BCUT2D eigenvalue weighted by Crippen LogP contribution is -2.13. The summed E-state index contributed by atoms with van der Waals surface area (Å²) in [5.41, 5.74) is 12.2. The number of nitrogen functional groups attached to an aromatic ring is 1. The molecule has 0 saturated heterocycles. The van der Waals surface area contributed by atoms with Gasteiger partial charge in [0.15, 0.2) is 0 Å². The second-order valence-corrected chi connectivity index (χ2v) is 3.77. The Balaban J connectivity index is 2.42. The van der Waals surface area contributed by atoms with Gasteiger partial charge in [0.1, 0.15) is 5.82 Å². The summed E-state index contributed by atoms with van der Waals surface area (Å²) in [7, 11) is 0. The fourth-order valence-corrected chi connectivity index (χ4v) is 1.59. The summed E-state index contributed by atoms with van der Waals surface area (Å²) in [6.45, 7) is 0. The predicted octanol–water partition coefficient (Wildman–Crippen LogP) is 2.25. The van der Waals surface area contributed by atoms with Crippen LogP contribution in [0.5, 0.6) is 0 Å². The van der Waals surface area contributed by atoms with Crippen molar-refractivity contribution in [3.05, 3.63) is 53.8 Å². The Morgan fingerprint density at radius 3 is 2.50 bits per heavy atom. The van der Waals surface area contributed by atoms with E-state index < -0.39 is 11.7 Å². The highest BCUT2D eigenvalue weighted by Crippen LogP contribution is 2.24. The van der Waals surface area contributed by atoms with Crippen LogP contribution in [0.25, 0.3) is 0 Å². The molecule has 2 aromatic rings. The van der Waals surface area contributed by atoms with Gasteiger partial charge in [-0.15, -0.1) is 0 Å². The van der Waals surface area contributed by atoms with Gasteiger partial charge in [-0.3, -0.25) is 4.79 Å². The number of halogens is 1. The number of rotatable bonds is 3. The third-order valence-electron chi connectivity index (χ3n) is 2.45.